The first kappa shape index (κ1) is 8.81. The number of hydrogen-bond acceptors (Lipinski definition) is 2. The van der Waals surface area contributed by atoms with Crippen molar-refractivity contribution in [2.24, 2.45) is 35.0 Å². The van der Waals surface area contributed by atoms with Gasteiger partial charge in [0.1, 0.15) is 0 Å². The molecule has 4 aliphatic carbocycles. The zero-order chi connectivity index (χ0) is 9.88. The molecule has 14 heavy (non-hydrogen) atoms. The van der Waals surface area contributed by atoms with Crippen molar-refractivity contribution in [1.82, 2.24) is 0 Å². The van der Waals surface area contributed by atoms with Crippen LogP contribution in [0.15, 0.2) is 0 Å². The maximum absolute atomic E-state index is 5.09. The average molecular weight is 226 g/mol. The van der Waals surface area contributed by atoms with E-state index >= 15 is 0 Å². The first-order chi connectivity index (χ1) is 6.53. The van der Waals surface area contributed by atoms with Gasteiger partial charge < -0.3 is 0 Å². The Balaban J connectivity index is 1.74. The molecule has 0 spiro atoms. The van der Waals surface area contributed by atoms with Gasteiger partial charge in [-0.2, -0.15) is 25.3 Å². The summed E-state index contributed by atoms with van der Waals surface area (Å²) in [6.07, 6.45) is 2.85. The Labute approximate surface area is 97.0 Å². The van der Waals surface area contributed by atoms with Gasteiger partial charge in [-0.05, 0) is 47.8 Å². The Morgan fingerprint density at radius 1 is 1.21 bits per heavy atom. The van der Waals surface area contributed by atoms with Crippen LogP contribution in [0.25, 0.3) is 0 Å². The molecule has 0 nitrogen and oxygen atoms in total. The lowest BCUT2D eigenvalue weighted by Gasteiger charge is -2.89. The summed E-state index contributed by atoms with van der Waals surface area (Å²) in [6.45, 7) is 4.86. The number of hydrogen-bond donors (Lipinski definition) is 2. The molecule has 8 unspecified atom stereocenters. The van der Waals surface area contributed by atoms with Crippen molar-refractivity contribution in [3.05, 3.63) is 0 Å². The molecule has 0 bridgehead atoms. The van der Waals surface area contributed by atoms with Crippen LogP contribution in [0.3, 0.4) is 0 Å². The molecule has 78 valence electrons. The molecular weight excluding hydrogens is 208 g/mol. The Hall–Kier alpha value is 0.700. The second-order valence-corrected chi connectivity index (χ2v) is 7.76. The van der Waals surface area contributed by atoms with Gasteiger partial charge >= 0.3 is 0 Å². The van der Waals surface area contributed by atoms with Crippen LogP contribution in [-0.4, -0.2) is 10.00 Å². The fourth-order valence-corrected chi connectivity index (χ4v) is 7.51. The van der Waals surface area contributed by atoms with Gasteiger partial charge in [0, 0.05) is 10.00 Å². The van der Waals surface area contributed by atoms with Gasteiger partial charge in [-0.3, -0.25) is 0 Å². The van der Waals surface area contributed by atoms with E-state index in [4.69, 9.17) is 25.3 Å². The van der Waals surface area contributed by atoms with Crippen LogP contribution in [0.4, 0.5) is 0 Å². The van der Waals surface area contributed by atoms with E-state index in [9.17, 15) is 0 Å². The predicted octanol–water partition coefficient (Wildman–Crippen LogP) is 2.90. The molecule has 0 amide bonds. The summed E-state index contributed by atoms with van der Waals surface area (Å²) < 4.78 is 0.394. The Bertz CT molecular complexity index is 320. The molecule has 0 aromatic rings. The van der Waals surface area contributed by atoms with E-state index in [0.717, 1.165) is 29.6 Å². The molecule has 4 saturated carbocycles. The quantitative estimate of drug-likeness (QED) is 0.583. The molecule has 0 aliphatic heterocycles. The number of thiol groups is 2. The van der Waals surface area contributed by atoms with Crippen LogP contribution in [0, 0.1) is 35.0 Å². The maximum Gasteiger partial charge on any atom is 0.0263 e. The standard InChI is InChI=1S/C12H18S2/c1-5-3-6-9(5)12(14)10(6)7-4-8(13)11(7,12)2/h5-10,13-14H,3-4H2,1-2H3. The van der Waals surface area contributed by atoms with Gasteiger partial charge in [0.05, 0.1) is 0 Å². The van der Waals surface area contributed by atoms with Crippen LogP contribution in [-0.2, 0) is 0 Å². The smallest absolute Gasteiger partial charge is 0.0263 e. The summed E-state index contributed by atoms with van der Waals surface area (Å²) in [5.74, 6) is 4.89. The minimum absolute atomic E-state index is 0.394. The SMILES string of the molecule is CC1CC2C1C1(S)C2C2CC(S)C21C. The van der Waals surface area contributed by atoms with Crippen LogP contribution in [0.5, 0.6) is 0 Å². The zero-order valence-corrected chi connectivity index (χ0v) is 10.6. The van der Waals surface area contributed by atoms with Crippen molar-refractivity contribution in [1.29, 1.82) is 0 Å². The third-order valence-corrected chi connectivity index (χ3v) is 8.26. The topological polar surface area (TPSA) is 0 Å². The van der Waals surface area contributed by atoms with Crippen LogP contribution in [0.1, 0.15) is 26.7 Å². The van der Waals surface area contributed by atoms with Crippen LogP contribution in [0.2, 0.25) is 0 Å². The molecule has 4 aliphatic rings. The normalized spacial score (nSPS) is 78.0. The number of rotatable bonds is 0. The highest BCUT2D eigenvalue weighted by molar-refractivity contribution is 7.82. The molecule has 0 aromatic carbocycles. The van der Waals surface area contributed by atoms with Crippen LogP contribution < -0.4 is 0 Å². The summed E-state index contributed by atoms with van der Waals surface area (Å²) >= 11 is 9.83. The number of fused-ring (bicyclic) bond motifs is 7. The lowest BCUT2D eigenvalue weighted by molar-refractivity contribution is -0.323. The zero-order valence-electron chi connectivity index (χ0n) is 8.77. The maximum atomic E-state index is 5.09. The van der Waals surface area contributed by atoms with Gasteiger partial charge in [-0.25, -0.2) is 0 Å². The molecule has 0 saturated heterocycles. The summed E-state index contributed by atoms with van der Waals surface area (Å²) in [7, 11) is 0. The molecular formula is C12H18S2. The minimum atomic E-state index is 0.394. The van der Waals surface area contributed by atoms with E-state index in [2.05, 4.69) is 13.8 Å². The van der Waals surface area contributed by atoms with Crippen molar-refractivity contribution >= 4 is 25.3 Å². The molecule has 4 fully saturated rings. The molecule has 0 aromatic heterocycles. The highest BCUT2D eigenvalue weighted by Crippen LogP contribution is 2.88. The molecule has 2 heteroatoms. The monoisotopic (exact) mass is 226 g/mol. The average Bonchev–Trinajstić information content (AvgIpc) is 2.12. The Morgan fingerprint density at radius 2 is 1.93 bits per heavy atom. The predicted molar refractivity (Wildman–Crippen MR) is 65.0 cm³/mol. The van der Waals surface area contributed by atoms with E-state index in [-0.39, 0.29) is 0 Å². The summed E-state index contributed by atoms with van der Waals surface area (Å²) in [4.78, 5) is 0. The Kier molecular flexibility index (Phi) is 1.30. The first-order valence-electron chi connectivity index (χ1n) is 5.93. The summed E-state index contributed by atoms with van der Waals surface area (Å²) in [6, 6.07) is 0. The molecule has 0 radical (unpaired) electrons. The second kappa shape index (κ2) is 2.07. The van der Waals surface area contributed by atoms with E-state index < -0.39 is 0 Å². The lowest BCUT2D eigenvalue weighted by atomic mass is 9.21. The van der Waals surface area contributed by atoms with Gasteiger partial charge in [-0.1, -0.05) is 13.8 Å². The fourth-order valence-electron chi connectivity index (χ4n) is 5.64. The van der Waals surface area contributed by atoms with Crippen molar-refractivity contribution in [2.75, 3.05) is 0 Å². The highest BCUT2D eigenvalue weighted by Gasteiger charge is 2.87. The molecule has 8 atom stereocenters. The second-order valence-electron chi connectivity index (χ2n) is 6.39. The van der Waals surface area contributed by atoms with Crippen molar-refractivity contribution in [3.63, 3.8) is 0 Å². The van der Waals surface area contributed by atoms with Crippen molar-refractivity contribution in [2.45, 2.75) is 36.7 Å². The largest absolute Gasteiger partial charge is 0.175 e. The third-order valence-electron chi connectivity index (χ3n) is 6.43. The van der Waals surface area contributed by atoms with E-state index in [1.165, 1.54) is 12.8 Å². The van der Waals surface area contributed by atoms with E-state index in [1.54, 1.807) is 0 Å². The van der Waals surface area contributed by atoms with Crippen LogP contribution >= 0.6 is 25.3 Å². The molecule has 0 heterocycles. The minimum Gasteiger partial charge on any atom is -0.175 e. The van der Waals surface area contributed by atoms with Gasteiger partial charge in [0.2, 0.25) is 0 Å². The fraction of sp³-hybridized carbons (Fsp3) is 1.00. The first-order valence-corrected chi connectivity index (χ1v) is 6.89. The molecule has 0 N–H and O–H groups in total. The summed E-state index contributed by atoms with van der Waals surface area (Å²) in [5.41, 5.74) is 0.486. The van der Waals surface area contributed by atoms with Crippen molar-refractivity contribution in [3.8, 4) is 0 Å². The Morgan fingerprint density at radius 3 is 2.50 bits per heavy atom. The van der Waals surface area contributed by atoms with E-state index in [0.29, 0.717) is 15.4 Å². The van der Waals surface area contributed by atoms with Gasteiger partial charge in [0.25, 0.3) is 0 Å². The van der Waals surface area contributed by atoms with Gasteiger partial charge in [0.15, 0.2) is 0 Å². The summed E-state index contributed by atoms with van der Waals surface area (Å²) in [5, 5.41) is 0.634. The van der Waals surface area contributed by atoms with Gasteiger partial charge in [-0.15, -0.1) is 0 Å². The lowest BCUT2D eigenvalue weighted by Crippen LogP contribution is -2.90. The van der Waals surface area contributed by atoms with Crippen molar-refractivity contribution < 1.29 is 0 Å². The molecule has 4 rings (SSSR count). The third kappa shape index (κ3) is 0.522. The van der Waals surface area contributed by atoms with E-state index in [1.807, 2.05) is 0 Å². The highest BCUT2D eigenvalue weighted by atomic mass is 32.1.